The zero-order chi connectivity index (χ0) is 13.0. The van der Waals surface area contributed by atoms with Gasteiger partial charge in [-0.2, -0.15) is 0 Å². The van der Waals surface area contributed by atoms with E-state index in [1.54, 1.807) is 12.1 Å². The third-order valence-electron chi connectivity index (χ3n) is 2.74. The molecule has 0 aliphatic rings. The van der Waals surface area contributed by atoms with E-state index in [2.05, 4.69) is 0 Å². The average Bonchev–Trinajstić information content (AvgIpc) is 2.34. The second-order valence-electron chi connectivity index (χ2n) is 4.32. The summed E-state index contributed by atoms with van der Waals surface area (Å²) in [5.74, 6) is -0.235. The Morgan fingerprint density at radius 2 is 1.78 bits per heavy atom. The molecule has 2 aromatic rings. The fourth-order valence-electron chi connectivity index (χ4n) is 1.71. The van der Waals surface area contributed by atoms with Crippen molar-refractivity contribution in [2.24, 2.45) is 0 Å². The molecule has 94 valence electrons. The van der Waals surface area contributed by atoms with Gasteiger partial charge in [0.2, 0.25) is 0 Å². The van der Waals surface area contributed by atoms with Crippen LogP contribution in [0, 0.1) is 12.7 Å². The number of ether oxygens (including phenoxy) is 1. The summed E-state index contributed by atoms with van der Waals surface area (Å²) >= 11 is 0. The van der Waals surface area contributed by atoms with Crippen LogP contribution >= 0.6 is 0 Å². The zero-order valence-corrected chi connectivity index (χ0v) is 10.3. The van der Waals surface area contributed by atoms with Gasteiger partial charge >= 0.3 is 0 Å². The van der Waals surface area contributed by atoms with E-state index in [1.165, 1.54) is 12.1 Å². The van der Waals surface area contributed by atoms with Crippen LogP contribution in [0.4, 0.5) is 10.1 Å². The minimum atomic E-state index is -0.235. The third kappa shape index (κ3) is 3.31. The number of rotatable bonds is 4. The number of nitrogen functional groups attached to an aromatic ring is 1. The molecule has 0 amide bonds. The minimum absolute atomic E-state index is 0.235. The smallest absolute Gasteiger partial charge is 0.123 e. The number of nitrogens with two attached hydrogens (primary N) is 1. The maximum Gasteiger partial charge on any atom is 0.123 e. The number of aryl methyl sites for hydroxylation is 1. The first kappa shape index (κ1) is 12.6. The van der Waals surface area contributed by atoms with Crippen molar-refractivity contribution in [1.29, 1.82) is 0 Å². The Balaban J connectivity index is 1.90. The van der Waals surface area contributed by atoms with Gasteiger partial charge in [0, 0.05) is 11.3 Å². The van der Waals surface area contributed by atoms with E-state index in [0.29, 0.717) is 13.2 Å². The first-order valence-corrected chi connectivity index (χ1v) is 5.82. The Morgan fingerprint density at radius 3 is 2.44 bits per heavy atom. The summed E-state index contributed by atoms with van der Waals surface area (Å²) in [4.78, 5) is 0. The molecule has 3 heteroatoms. The van der Waals surface area contributed by atoms with Crippen LogP contribution < -0.4 is 5.73 Å². The second kappa shape index (κ2) is 5.65. The van der Waals surface area contributed by atoms with Crippen molar-refractivity contribution in [3.63, 3.8) is 0 Å². The molecule has 0 atom stereocenters. The molecular weight excluding hydrogens is 229 g/mol. The molecule has 0 unspecified atom stereocenters. The van der Waals surface area contributed by atoms with Gasteiger partial charge in [0.05, 0.1) is 13.2 Å². The Hall–Kier alpha value is -1.87. The SMILES string of the molecule is Cc1ccc(COCc2ccc(F)cc2)c(N)c1. The van der Waals surface area contributed by atoms with Crippen molar-refractivity contribution in [2.45, 2.75) is 20.1 Å². The largest absolute Gasteiger partial charge is 0.398 e. The van der Waals surface area contributed by atoms with Gasteiger partial charge in [-0.15, -0.1) is 0 Å². The number of benzene rings is 2. The average molecular weight is 245 g/mol. The standard InChI is InChI=1S/C15H16FNO/c1-11-2-5-13(15(17)8-11)10-18-9-12-3-6-14(16)7-4-12/h2-8H,9-10,17H2,1H3. The minimum Gasteiger partial charge on any atom is -0.398 e. The fraction of sp³-hybridized carbons (Fsp3) is 0.200. The topological polar surface area (TPSA) is 35.2 Å². The summed E-state index contributed by atoms with van der Waals surface area (Å²) < 4.78 is 18.3. The lowest BCUT2D eigenvalue weighted by Gasteiger charge is -2.08. The first-order chi connectivity index (χ1) is 8.65. The fourth-order valence-corrected chi connectivity index (χ4v) is 1.71. The van der Waals surface area contributed by atoms with Crippen LogP contribution in [0.1, 0.15) is 16.7 Å². The highest BCUT2D eigenvalue weighted by atomic mass is 19.1. The first-order valence-electron chi connectivity index (χ1n) is 5.82. The van der Waals surface area contributed by atoms with Crippen LogP contribution in [0.5, 0.6) is 0 Å². The van der Waals surface area contributed by atoms with Crippen molar-refractivity contribution in [3.05, 3.63) is 65.0 Å². The Bertz CT molecular complexity index is 523. The molecule has 0 spiro atoms. The number of hydrogen-bond donors (Lipinski definition) is 1. The van der Waals surface area contributed by atoms with Crippen LogP contribution in [0.15, 0.2) is 42.5 Å². The Kier molecular flexibility index (Phi) is 3.95. The van der Waals surface area contributed by atoms with E-state index in [1.807, 2.05) is 25.1 Å². The van der Waals surface area contributed by atoms with E-state index in [9.17, 15) is 4.39 Å². The molecule has 2 rings (SSSR count). The van der Waals surface area contributed by atoms with Crippen LogP contribution in [0.3, 0.4) is 0 Å². The molecule has 2 aromatic carbocycles. The molecule has 0 aliphatic heterocycles. The maximum atomic E-state index is 12.7. The number of hydrogen-bond acceptors (Lipinski definition) is 2. The Morgan fingerprint density at radius 1 is 1.06 bits per heavy atom. The lowest BCUT2D eigenvalue weighted by Crippen LogP contribution is -1.99. The summed E-state index contributed by atoms with van der Waals surface area (Å²) in [7, 11) is 0. The summed E-state index contributed by atoms with van der Waals surface area (Å²) in [6.07, 6.45) is 0. The van der Waals surface area contributed by atoms with Crippen LogP contribution in [0.25, 0.3) is 0 Å². The van der Waals surface area contributed by atoms with Gasteiger partial charge < -0.3 is 10.5 Å². The third-order valence-corrected chi connectivity index (χ3v) is 2.74. The summed E-state index contributed by atoms with van der Waals surface area (Å²) in [6.45, 7) is 2.91. The van der Waals surface area contributed by atoms with Crippen molar-refractivity contribution >= 4 is 5.69 Å². The van der Waals surface area contributed by atoms with E-state index in [0.717, 1.165) is 22.4 Å². The van der Waals surface area contributed by atoms with Crippen molar-refractivity contribution in [3.8, 4) is 0 Å². The van der Waals surface area contributed by atoms with Crippen LogP contribution in [0.2, 0.25) is 0 Å². The quantitative estimate of drug-likeness (QED) is 0.837. The van der Waals surface area contributed by atoms with Gasteiger partial charge in [0.15, 0.2) is 0 Å². The van der Waals surface area contributed by atoms with Gasteiger partial charge in [0.1, 0.15) is 5.82 Å². The van der Waals surface area contributed by atoms with E-state index in [4.69, 9.17) is 10.5 Å². The maximum absolute atomic E-state index is 12.7. The monoisotopic (exact) mass is 245 g/mol. The van der Waals surface area contributed by atoms with Crippen LogP contribution in [-0.4, -0.2) is 0 Å². The number of anilines is 1. The summed E-state index contributed by atoms with van der Waals surface area (Å²) in [5, 5.41) is 0. The molecule has 0 saturated carbocycles. The van der Waals surface area contributed by atoms with Gasteiger partial charge in [-0.3, -0.25) is 0 Å². The molecule has 2 N–H and O–H groups in total. The van der Waals surface area contributed by atoms with Gasteiger partial charge in [-0.25, -0.2) is 4.39 Å². The predicted octanol–water partition coefficient (Wildman–Crippen LogP) is 3.43. The van der Waals surface area contributed by atoms with Gasteiger partial charge in [-0.05, 0) is 36.2 Å². The molecule has 18 heavy (non-hydrogen) atoms. The molecule has 0 saturated heterocycles. The Labute approximate surface area is 106 Å². The van der Waals surface area contributed by atoms with E-state index in [-0.39, 0.29) is 5.82 Å². The molecule has 0 aliphatic carbocycles. The molecule has 0 radical (unpaired) electrons. The molecule has 0 fully saturated rings. The van der Waals surface area contributed by atoms with E-state index >= 15 is 0 Å². The van der Waals surface area contributed by atoms with Gasteiger partial charge in [0.25, 0.3) is 0 Å². The summed E-state index contributed by atoms with van der Waals surface area (Å²) in [5.41, 5.74) is 9.69. The van der Waals surface area contributed by atoms with Crippen molar-refractivity contribution < 1.29 is 9.13 Å². The molecule has 0 bridgehead atoms. The lowest BCUT2D eigenvalue weighted by molar-refractivity contribution is 0.107. The normalized spacial score (nSPS) is 10.6. The second-order valence-corrected chi connectivity index (χ2v) is 4.32. The van der Waals surface area contributed by atoms with Crippen molar-refractivity contribution in [1.82, 2.24) is 0 Å². The highest BCUT2D eigenvalue weighted by Crippen LogP contribution is 2.15. The zero-order valence-electron chi connectivity index (χ0n) is 10.3. The number of halogens is 1. The van der Waals surface area contributed by atoms with Gasteiger partial charge in [-0.1, -0.05) is 24.3 Å². The molecule has 0 aromatic heterocycles. The predicted molar refractivity (Wildman–Crippen MR) is 70.5 cm³/mol. The highest BCUT2D eigenvalue weighted by molar-refractivity contribution is 5.48. The van der Waals surface area contributed by atoms with Crippen LogP contribution in [-0.2, 0) is 18.0 Å². The van der Waals surface area contributed by atoms with Crippen molar-refractivity contribution in [2.75, 3.05) is 5.73 Å². The highest BCUT2D eigenvalue weighted by Gasteiger charge is 2.00. The lowest BCUT2D eigenvalue weighted by atomic mass is 10.1. The van der Waals surface area contributed by atoms with E-state index < -0.39 is 0 Å². The molecule has 0 heterocycles. The molecule has 2 nitrogen and oxygen atoms in total. The molecular formula is C15H16FNO. The summed E-state index contributed by atoms with van der Waals surface area (Å²) in [6, 6.07) is 12.2.